The largest absolute Gasteiger partial charge is 0.479 e. The molecular weight excluding hydrogens is 266 g/mol. The minimum Gasteiger partial charge on any atom is -0.479 e. The van der Waals surface area contributed by atoms with E-state index in [0.717, 1.165) is 0 Å². The van der Waals surface area contributed by atoms with Gasteiger partial charge in [-0.1, -0.05) is 29.8 Å². The van der Waals surface area contributed by atoms with Gasteiger partial charge in [0.05, 0.1) is 6.54 Å². The summed E-state index contributed by atoms with van der Waals surface area (Å²) in [5.74, 6) is 6.17. The Labute approximate surface area is 115 Å². The molecule has 1 heterocycles. The molecule has 0 spiro atoms. The molecule has 0 fully saturated rings. The van der Waals surface area contributed by atoms with Gasteiger partial charge >= 0.3 is 6.01 Å². The van der Waals surface area contributed by atoms with Crippen molar-refractivity contribution in [3.8, 4) is 17.4 Å². The Bertz CT molecular complexity index is 604. The smallest absolute Gasteiger partial charge is 0.319 e. The van der Waals surface area contributed by atoms with Gasteiger partial charge in [-0.25, -0.2) is 5.84 Å². The summed E-state index contributed by atoms with van der Waals surface area (Å²) in [7, 11) is 0. The first-order valence-electron chi connectivity index (χ1n) is 5.44. The Morgan fingerprint density at radius 1 is 1.37 bits per heavy atom. The van der Waals surface area contributed by atoms with Crippen molar-refractivity contribution in [1.82, 2.24) is 15.0 Å². The molecule has 0 aliphatic rings. The standard InChI is InChI=1S/C12H12ClN5O/c1-2-6-18(14)11-15-10(16-12(19)17-11)8-4-3-5-9(13)7-8/h2-5,7H,1,6,14H2,(H,15,16,17,19). The van der Waals surface area contributed by atoms with Gasteiger partial charge in [0, 0.05) is 10.6 Å². The number of rotatable bonds is 4. The summed E-state index contributed by atoms with van der Waals surface area (Å²) in [5.41, 5.74) is 0.665. The van der Waals surface area contributed by atoms with Crippen molar-refractivity contribution in [3.63, 3.8) is 0 Å². The zero-order valence-electron chi connectivity index (χ0n) is 9.99. The average Bonchev–Trinajstić information content (AvgIpc) is 2.38. The molecule has 2 rings (SSSR count). The number of hydrogen-bond acceptors (Lipinski definition) is 6. The predicted molar refractivity (Wildman–Crippen MR) is 73.7 cm³/mol. The van der Waals surface area contributed by atoms with Gasteiger partial charge in [0.15, 0.2) is 5.82 Å². The van der Waals surface area contributed by atoms with Crippen molar-refractivity contribution in [3.05, 3.63) is 41.9 Å². The number of nitrogens with zero attached hydrogens (tertiary/aromatic N) is 4. The van der Waals surface area contributed by atoms with E-state index in [-0.39, 0.29) is 5.95 Å². The minimum absolute atomic E-state index is 0.155. The summed E-state index contributed by atoms with van der Waals surface area (Å²) >= 11 is 5.90. The van der Waals surface area contributed by atoms with E-state index < -0.39 is 6.01 Å². The van der Waals surface area contributed by atoms with Crippen molar-refractivity contribution < 1.29 is 5.11 Å². The lowest BCUT2D eigenvalue weighted by molar-refractivity contribution is 0.428. The van der Waals surface area contributed by atoms with Crippen molar-refractivity contribution in [2.24, 2.45) is 5.84 Å². The number of hydrazine groups is 1. The maximum Gasteiger partial charge on any atom is 0.319 e. The number of anilines is 1. The van der Waals surface area contributed by atoms with Crippen LogP contribution in [0.4, 0.5) is 5.95 Å². The molecule has 0 bridgehead atoms. The van der Waals surface area contributed by atoms with E-state index in [9.17, 15) is 5.11 Å². The van der Waals surface area contributed by atoms with Crippen LogP contribution in [0.2, 0.25) is 5.02 Å². The van der Waals surface area contributed by atoms with Gasteiger partial charge < -0.3 is 5.11 Å². The first kappa shape index (κ1) is 13.3. The SMILES string of the molecule is C=CCN(N)c1nc(O)nc(-c2cccc(Cl)c2)n1. The number of aromatic hydroxyl groups is 1. The summed E-state index contributed by atoms with van der Waals surface area (Å²) in [6.07, 6.45) is 1.60. The van der Waals surface area contributed by atoms with Gasteiger partial charge in [-0.05, 0) is 12.1 Å². The number of hydrogen-bond donors (Lipinski definition) is 2. The molecule has 0 aliphatic carbocycles. The number of aromatic nitrogens is 3. The molecule has 0 amide bonds. The van der Waals surface area contributed by atoms with Gasteiger partial charge in [-0.2, -0.15) is 15.0 Å². The van der Waals surface area contributed by atoms with Crippen LogP contribution in [0.3, 0.4) is 0 Å². The van der Waals surface area contributed by atoms with Crippen LogP contribution in [0.1, 0.15) is 0 Å². The van der Waals surface area contributed by atoms with E-state index in [4.69, 9.17) is 17.4 Å². The molecule has 98 valence electrons. The Kier molecular flexibility index (Phi) is 3.94. The number of benzene rings is 1. The van der Waals surface area contributed by atoms with Gasteiger partial charge in [0.25, 0.3) is 0 Å². The third-order valence-electron chi connectivity index (χ3n) is 2.28. The van der Waals surface area contributed by atoms with Crippen LogP contribution >= 0.6 is 11.6 Å². The maximum absolute atomic E-state index is 9.54. The van der Waals surface area contributed by atoms with Crippen molar-refractivity contribution in [1.29, 1.82) is 0 Å². The summed E-state index contributed by atoms with van der Waals surface area (Å²) in [6.45, 7) is 3.91. The second kappa shape index (κ2) is 5.64. The Balaban J connectivity index is 2.44. The first-order valence-corrected chi connectivity index (χ1v) is 5.82. The zero-order chi connectivity index (χ0) is 13.8. The van der Waals surface area contributed by atoms with Gasteiger partial charge in [0.1, 0.15) is 0 Å². The van der Waals surface area contributed by atoms with E-state index in [1.54, 1.807) is 30.3 Å². The number of halogens is 1. The molecule has 0 saturated heterocycles. The third kappa shape index (κ3) is 3.18. The molecule has 6 nitrogen and oxygen atoms in total. The topological polar surface area (TPSA) is 88.2 Å². The molecule has 19 heavy (non-hydrogen) atoms. The quantitative estimate of drug-likeness (QED) is 0.503. The molecule has 0 unspecified atom stereocenters. The van der Waals surface area contributed by atoms with Crippen molar-refractivity contribution >= 4 is 17.5 Å². The van der Waals surface area contributed by atoms with Crippen LogP contribution in [0.5, 0.6) is 6.01 Å². The number of nitrogens with two attached hydrogens (primary N) is 1. The molecule has 0 aliphatic heterocycles. The van der Waals surface area contributed by atoms with Crippen LogP contribution in [0.15, 0.2) is 36.9 Å². The fourth-order valence-electron chi connectivity index (χ4n) is 1.46. The van der Waals surface area contributed by atoms with E-state index in [2.05, 4.69) is 21.5 Å². The van der Waals surface area contributed by atoms with Crippen LogP contribution in [0.25, 0.3) is 11.4 Å². The fraction of sp³-hybridized carbons (Fsp3) is 0.0833. The van der Waals surface area contributed by atoms with E-state index in [1.165, 1.54) is 5.01 Å². The highest BCUT2D eigenvalue weighted by Crippen LogP contribution is 2.22. The molecule has 1 aromatic carbocycles. The minimum atomic E-state index is -0.403. The van der Waals surface area contributed by atoms with E-state index in [0.29, 0.717) is 23.0 Å². The Morgan fingerprint density at radius 2 is 2.16 bits per heavy atom. The Morgan fingerprint density at radius 3 is 2.84 bits per heavy atom. The molecule has 0 atom stereocenters. The second-order valence-corrected chi connectivity index (χ2v) is 4.15. The normalized spacial score (nSPS) is 10.2. The Hall–Kier alpha value is -2.18. The molecule has 3 N–H and O–H groups in total. The van der Waals surface area contributed by atoms with Crippen molar-refractivity contribution in [2.75, 3.05) is 11.6 Å². The van der Waals surface area contributed by atoms with Gasteiger partial charge in [-0.15, -0.1) is 6.58 Å². The van der Waals surface area contributed by atoms with E-state index >= 15 is 0 Å². The fourth-order valence-corrected chi connectivity index (χ4v) is 1.65. The van der Waals surface area contributed by atoms with Crippen molar-refractivity contribution in [2.45, 2.75) is 0 Å². The molecule has 0 saturated carbocycles. The molecule has 1 aromatic heterocycles. The molecular formula is C12H12ClN5O. The summed E-state index contributed by atoms with van der Waals surface area (Å²) in [4.78, 5) is 11.8. The molecule has 0 radical (unpaired) electrons. The van der Waals surface area contributed by atoms with E-state index in [1.807, 2.05) is 0 Å². The monoisotopic (exact) mass is 277 g/mol. The maximum atomic E-state index is 9.54. The zero-order valence-corrected chi connectivity index (χ0v) is 10.7. The highest BCUT2D eigenvalue weighted by atomic mass is 35.5. The lowest BCUT2D eigenvalue weighted by Crippen LogP contribution is -2.32. The highest BCUT2D eigenvalue weighted by Gasteiger charge is 2.11. The van der Waals surface area contributed by atoms with Crippen LogP contribution in [-0.4, -0.2) is 26.6 Å². The third-order valence-corrected chi connectivity index (χ3v) is 2.51. The predicted octanol–water partition coefficient (Wildman–Crippen LogP) is 1.76. The van der Waals surface area contributed by atoms with Gasteiger partial charge in [0.2, 0.25) is 5.95 Å². The highest BCUT2D eigenvalue weighted by molar-refractivity contribution is 6.30. The van der Waals surface area contributed by atoms with Gasteiger partial charge in [-0.3, -0.25) is 5.01 Å². The lowest BCUT2D eigenvalue weighted by Gasteiger charge is -2.14. The van der Waals surface area contributed by atoms with Crippen LogP contribution < -0.4 is 10.9 Å². The summed E-state index contributed by atoms with van der Waals surface area (Å²) in [6, 6.07) is 6.56. The molecule has 7 heteroatoms. The molecule has 2 aromatic rings. The average molecular weight is 278 g/mol. The van der Waals surface area contributed by atoms with Crippen LogP contribution in [0, 0.1) is 0 Å². The summed E-state index contributed by atoms with van der Waals surface area (Å²) in [5, 5.41) is 11.3. The lowest BCUT2D eigenvalue weighted by atomic mass is 10.2. The first-order chi connectivity index (χ1) is 9.10. The van der Waals surface area contributed by atoms with Crippen LogP contribution in [-0.2, 0) is 0 Å². The second-order valence-electron chi connectivity index (χ2n) is 3.71. The summed E-state index contributed by atoms with van der Waals surface area (Å²) < 4.78 is 0.